The number of fused-ring (bicyclic) bond motifs is 1. The summed E-state index contributed by atoms with van der Waals surface area (Å²) in [5.74, 6) is 0.212. The maximum Gasteiger partial charge on any atom is 0.261 e. The molecule has 2 aromatic heterocycles. The maximum atomic E-state index is 12.9. The molecule has 1 unspecified atom stereocenters. The van der Waals surface area contributed by atoms with Crippen LogP contribution in [0, 0.1) is 0 Å². The highest BCUT2D eigenvalue weighted by Crippen LogP contribution is 2.31. The van der Waals surface area contributed by atoms with Crippen LogP contribution < -0.4 is 11.1 Å². The quantitative estimate of drug-likeness (QED) is 0.760. The highest BCUT2D eigenvalue weighted by Gasteiger charge is 2.34. The number of pyridine rings is 1. The van der Waals surface area contributed by atoms with Gasteiger partial charge in [-0.05, 0) is 37.1 Å². The van der Waals surface area contributed by atoms with Crippen LogP contribution in [-0.2, 0) is 7.05 Å². The zero-order valence-corrected chi connectivity index (χ0v) is 14.3. The topological polar surface area (TPSA) is 88.1 Å². The van der Waals surface area contributed by atoms with Crippen molar-refractivity contribution in [2.24, 2.45) is 7.05 Å². The van der Waals surface area contributed by atoms with Gasteiger partial charge in [-0.3, -0.25) is 19.0 Å². The number of hydrogen-bond acceptors (Lipinski definition) is 4. The predicted molar refractivity (Wildman–Crippen MR) is 97.1 cm³/mol. The smallest absolute Gasteiger partial charge is 0.261 e. The number of rotatable bonds is 2. The van der Waals surface area contributed by atoms with Crippen molar-refractivity contribution in [1.29, 1.82) is 0 Å². The molecule has 1 aromatic carbocycles. The Morgan fingerprint density at radius 1 is 1.19 bits per heavy atom. The summed E-state index contributed by atoms with van der Waals surface area (Å²) < 4.78 is 1.51. The minimum atomic E-state index is -0.413. The van der Waals surface area contributed by atoms with Gasteiger partial charge >= 0.3 is 0 Å². The molecule has 132 valence electrons. The van der Waals surface area contributed by atoms with E-state index >= 15 is 0 Å². The average molecular weight is 350 g/mol. The van der Waals surface area contributed by atoms with Crippen molar-refractivity contribution in [1.82, 2.24) is 19.4 Å². The number of aromatic amines is 1. The maximum absolute atomic E-state index is 12.9. The highest BCUT2D eigenvalue weighted by atomic mass is 16.2. The number of hydrogen-bond donors (Lipinski definition) is 1. The Balaban J connectivity index is 1.80. The second-order valence-electron chi connectivity index (χ2n) is 6.42. The lowest BCUT2D eigenvalue weighted by molar-refractivity contribution is 0.0725. The van der Waals surface area contributed by atoms with Crippen LogP contribution >= 0.6 is 0 Å². The van der Waals surface area contributed by atoms with Crippen LogP contribution in [0.3, 0.4) is 0 Å². The van der Waals surface area contributed by atoms with E-state index in [9.17, 15) is 14.4 Å². The van der Waals surface area contributed by atoms with Crippen LogP contribution in [0.15, 0.2) is 52.2 Å². The molecule has 0 radical (unpaired) electrons. The zero-order chi connectivity index (χ0) is 18.3. The van der Waals surface area contributed by atoms with Gasteiger partial charge in [-0.2, -0.15) is 0 Å². The van der Waals surface area contributed by atoms with E-state index in [1.165, 1.54) is 16.8 Å². The first kappa shape index (κ1) is 16.3. The third-order valence-corrected chi connectivity index (χ3v) is 4.88. The van der Waals surface area contributed by atoms with E-state index in [2.05, 4.69) is 9.97 Å². The van der Waals surface area contributed by atoms with E-state index in [0.717, 1.165) is 6.42 Å². The molecule has 1 N–H and O–H groups in total. The molecule has 0 bridgehead atoms. The molecule has 3 heterocycles. The number of para-hydroxylation sites is 1. The van der Waals surface area contributed by atoms with Crippen LogP contribution in [0.5, 0.6) is 0 Å². The highest BCUT2D eigenvalue weighted by molar-refractivity contribution is 5.94. The summed E-state index contributed by atoms with van der Waals surface area (Å²) in [5, 5.41) is 0.550. The van der Waals surface area contributed by atoms with Crippen molar-refractivity contribution in [3.63, 3.8) is 0 Å². The number of H-pyrrole nitrogens is 1. The third kappa shape index (κ3) is 2.52. The minimum absolute atomic E-state index is 0.102. The first-order valence-electron chi connectivity index (χ1n) is 8.52. The summed E-state index contributed by atoms with van der Waals surface area (Å²) in [5.41, 5.74) is 0.165. The lowest BCUT2D eigenvalue weighted by Crippen LogP contribution is -2.37. The molecule has 0 aliphatic carbocycles. The molecule has 3 aromatic rings. The second kappa shape index (κ2) is 6.25. The summed E-state index contributed by atoms with van der Waals surface area (Å²) in [6.45, 7) is 0.528. The second-order valence-corrected chi connectivity index (χ2v) is 6.42. The van der Waals surface area contributed by atoms with Crippen LogP contribution in [0.4, 0.5) is 0 Å². The monoisotopic (exact) mass is 350 g/mol. The number of carbonyl (C=O) groups excluding carboxylic acids is 1. The SMILES string of the molecule is Cn1c(C2CCCN2C(=O)c2ccc[nH]c2=O)nc2ccccc2c1=O. The van der Waals surface area contributed by atoms with Crippen molar-refractivity contribution in [3.8, 4) is 0 Å². The lowest BCUT2D eigenvalue weighted by atomic mass is 10.1. The molecule has 1 saturated heterocycles. The molecule has 1 aliphatic heterocycles. The number of benzene rings is 1. The molecule has 1 atom stereocenters. The fourth-order valence-corrected chi connectivity index (χ4v) is 3.56. The molecule has 7 heteroatoms. The standard InChI is InChI=1S/C19H18N4O3/c1-22-16(21-14-8-3-2-6-12(14)18(22)25)15-9-5-11-23(15)19(26)13-7-4-10-20-17(13)24/h2-4,6-8,10,15H,5,9,11H2,1H3,(H,20,24). The van der Waals surface area contributed by atoms with Gasteiger partial charge in [0.2, 0.25) is 0 Å². The molecule has 1 aliphatic rings. The Hall–Kier alpha value is -3.22. The van der Waals surface area contributed by atoms with Crippen molar-refractivity contribution in [3.05, 3.63) is 74.7 Å². The van der Waals surface area contributed by atoms with E-state index in [4.69, 9.17) is 0 Å². The van der Waals surface area contributed by atoms with Gasteiger partial charge in [-0.15, -0.1) is 0 Å². The van der Waals surface area contributed by atoms with Crippen LogP contribution in [0.1, 0.15) is 35.1 Å². The Morgan fingerprint density at radius 2 is 2.00 bits per heavy atom. The van der Waals surface area contributed by atoms with Gasteiger partial charge in [0, 0.05) is 19.8 Å². The van der Waals surface area contributed by atoms with Gasteiger partial charge in [0.15, 0.2) is 0 Å². The van der Waals surface area contributed by atoms with Crippen LogP contribution in [0.2, 0.25) is 0 Å². The zero-order valence-electron chi connectivity index (χ0n) is 14.3. The molecular formula is C19H18N4O3. The largest absolute Gasteiger partial charge is 0.328 e. The normalized spacial score (nSPS) is 17.0. The molecule has 4 rings (SSSR count). The third-order valence-electron chi connectivity index (χ3n) is 4.88. The van der Waals surface area contributed by atoms with Gasteiger partial charge < -0.3 is 9.88 Å². The van der Waals surface area contributed by atoms with E-state index in [1.807, 2.05) is 6.07 Å². The van der Waals surface area contributed by atoms with Gasteiger partial charge in [0.05, 0.1) is 16.9 Å². The van der Waals surface area contributed by atoms with E-state index in [1.54, 1.807) is 36.2 Å². The number of likely N-dealkylation sites (tertiary alicyclic amines) is 1. The Labute approximate surface area is 148 Å². The number of aromatic nitrogens is 3. The minimum Gasteiger partial charge on any atom is -0.328 e. The molecule has 0 saturated carbocycles. The number of carbonyl (C=O) groups is 1. The fraction of sp³-hybridized carbons (Fsp3) is 0.263. The van der Waals surface area contributed by atoms with Gasteiger partial charge in [-0.25, -0.2) is 4.98 Å². The van der Waals surface area contributed by atoms with Crippen LogP contribution in [-0.4, -0.2) is 31.9 Å². The average Bonchev–Trinajstić information content (AvgIpc) is 3.14. The van der Waals surface area contributed by atoms with Crippen molar-refractivity contribution >= 4 is 16.8 Å². The van der Waals surface area contributed by atoms with E-state index in [0.29, 0.717) is 29.7 Å². The van der Waals surface area contributed by atoms with Crippen molar-refractivity contribution in [2.75, 3.05) is 6.54 Å². The predicted octanol–water partition coefficient (Wildman–Crippen LogP) is 1.60. The molecule has 1 amide bonds. The van der Waals surface area contributed by atoms with Gasteiger partial charge in [-0.1, -0.05) is 12.1 Å². The van der Waals surface area contributed by atoms with Crippen molar-refractivity contribution in [2.45, 2.75) is 18.9 Å². The number of nitrogens with one attached hydrogen (secondary N) is 1. The summed E-state index contributed by atoms with van der Waals surface area (Å²) in [4.78, 5) is 46.4. The first-order valence-corrected chi connectivity index (χ1v) is 8.52. The summed E-state index contributed by atoms with van der Waals surface area (Å²) in [7, 11) is 1.67. The van der Waals surface area contributed by atoms with E-state index in [-0.39, 0.29) is 23.1 Å². The molecule has 1 fully saturated rings. The Bertz CT molecular complexity index is 1120. The van der Waals surface area contributed by atoms with Gasteiger partial charge in [0.25, 0.3) is 17.0 Å². The molecule has 0 spiro atoms. The number of amides is 1. The van der Waals surface area contributed by atoms with Crippen LogP contribution in [0.25, 0.3) is 10.9 Å². The molecule has 7 nitrogen and oxygen atoms in total. The summed E-state index contributed by atoms with van der Waals surface area (Å²) in [6.07, 6.45) is 2.99. The molecule has 26 heavy (non-hydrogen) atoms. The first-order chi connectivity index (χ1) is 12.6. The Kier molecular flexibility index (Phi) is 3.91. The van der Waals surface area contributed by atoms with Gasteiger partial charge in [0.1, 0.15) is 11.4 Å². The summed E-state index contributed by atoms with van der Waals surface area (Å²) in [6, 6.07) is 9.99. The lowest BCUT2D eigenvalue weighted by Gasteiger charge is -2.25. The summed E-state index contributed by atoms with van der Waals surface area (Å²) >= 11 is 0. The fourth-order valence-electron chi connectivity index (χ4n) is 3.56. The Morgan fingerprint density at radius 3 is 2.81 bits per heavy atom. The number of nitrogens with zero attached hydrogens (tertiary/aromatic N) is 3. The van der Waals surface area contributed by atoms with Crippen molar-refractivity contribution < 1.29 is 4.79 Å². The molecular weight excluding hydrogens is 332 g/mol. The van der Waals surface area contributed by atoms with E-state index < -0.39 is 5.56 Å².